The largest absolute Gasteiger partial charge is 1.00 e. The Morgan fingerprint density at radius 2 is 1.62 bits per heavy atom. The average Bonchev–Trinajstić information content (AvgIpc) is 2.54. The molecule has 1 nitrogen and oxygen atoms in total. The summed E-state index contributed by atoms with van der Waals surface area (Å²) in [5, 5.41) is 0. The van der Waals surface area contributed by atoms with Crippen LogP contribution in [0.15, 0.2) is 30.8 Å². The summed E-state index contributed by atoms with van der Waals surface area (Å²) in [5.74, 6) is 0. The molecule has 0 bridgehead atoms. The van der Waals surface area contributed by atoms with E-state index >= 15 is 0 Å². The van der Waals surface area contributed by atoms with E-state index in [2.05, 4.69) is 44.7 Å². The highest BCUT2D eigenvalue weighted by Gasteiger charge is 2.34. The van der Waals surface area contributed by atoms with E-state index in [4.69, 9.17) is 0 Å². The van der Waals surface area contributed by atoms with E-state index in [0.29, 0.717) is 0 Å². The predicted octanol–water partition coefficient (Wildman–Crippen LogP) is 2.02. The van der Waals surface area contributed by atoms with E-state index in [-0.39, 0.29) is 17.0 Å². The van der Waals surface area contributed by atoms with Gasteiger partial charge in [-0.1, -0.05) is 43.3 Å². The van der Waals surface area contributed by atoms with Gasteiger partial charge in [-0.05, 0) is 45.1 Å². The fraction of sp³-hybridized carbons (Fsp3) is 0.579. The maximum absolute atomic E-state index is 3.84. The summed E-state index contributed by atoms with van der Waals surface area (Å²) < 4.78 is 1.27. The molecule has 0 N–H and O–H groups in total. The zero-order valence-electron chi connectivity index (χ0n) is 13.7. The maximum atomic E-state index is 3.84. The topological polar surface area (TPSA) is 0 Å². The molecule has 1 aromatic rings. The van der Waals surface area contributed by atoms with E-state index in [0.717, 1.165) is 6.04 Å². The number of benzene rings is 1. The molecule has 0 amide bonds. The van der Waals surface area contributed by atoms with Crippen LogP contribution in [-0.2, 0) is 6.54 Å². The minimum absolute atomic E-state index is 0. The van der Waals surface area contributed by atoms with Crippen molar-refractivity contribution in [1.29, 1.82) is 0 Å². The number of halogens is 1. The van der Waals surface area contributed by atoms with Gasteiger partial charge in [-0.25, -0.2) is 0 Å². The predicted molar refractivity (Wildman–Crippen MR) is 88.5 cm³/mol. The third-order valence-electron chi connectivity index (χ3n) is 5.32. The number of rotatable bonds is 6. The Morgan fingerprint density at radius 1 is 1.05 bits per heavy atom. The maximum Gasteiger partial charge on any atom is 0.105 e. The summed E-state index contributed by atoms with van der Waals surface area (Å²) in [4.78, 5) is 0. The Bertz CT molecular complexity index is 414. The fourth-order valence-electron chi connectivity index (χ4n) is 3.84. The van der Waals surface area contributed by atoms with Crippen LogP contribution in [0.4, 0.5) is 0 Å². The summed E-state index contributed by atoms with van der Waals surface area (Å²) in [6.07, 6.45) is 9.07. The molecule has 1 aliphatic carbocycles. The lowest BCUT2D eigenvalue weighted by molar-refractivity contribution is -0.961. The Morgan fingerprint density at radius 3 is 2.10 bits per heavy atom. The van der Waals surface area contributed by atoms with Crippen molar-refractivity contribution in [2.24, 2.45) is 0 Å². The highest BCUT2D eigenvalue weighted by molar-refractivity contribution is 5.47. The fourth-order valence-corrected chi connectivity index (χ4v) is 3.84. The SMILES string of the molecule is C=Cc1ccc(C[N+](CC)(CC)C2CCCCC2)cc1.[Br-]. The standard InChI is InChI=1S/C19H30N.BrH/c1-4-17-12-14-18(15-13-17)16-20(5-2,6-3)19-10-8-7-9-11-19;/h4,12-15,19H,1,5-11,16H2,2-3H3;1H/q+1;/p-1. The molecule has 0 saturated heterocycles. The van der Waals surface area contributed by atoms with E-state index in [1.807, 2.05) is 6.08 Å². The number of hydrogen-bond donors (Lipinski definition) is 0. The third-order valence-corrected chi connectivity index (χ3v) is 5.32. The van der Waals surface area contributed by atoms with Gasteiger partial charge < -0.3 is 21.5 Å². The van der Waals surface area contributed by atoms with E-state index in [1.165, 1.54) is 67.3 Å². The smallest absolute Gasteiger partial charge is 0.105 e. The van der Waals surface area contributed by atoms with Crippen LogP contribution < -0.4 is 17.0 Å². The quantitative estimate of drug-likeness (QED) is 0.688. The van der Waals surface area contributed by atoms with Crippen molar-refractivity contribution in [1.82, 2.24) is 0 Å². The van der Waals surface area contributed by atoms with Crippen molar-refractivity contribution in [3.05, 3.63) is 42.0 Å². The van der Waals surface area contributed by atoms with Gasteiger partial charge in [0.25, 0.3) is 0 Å². The van der Waals surface area contributed by atoms with Crippen LogP contribution >= 0.6 is 0 Å². The Labute approximate surface area is 141 Å². The zero-order chi connectivity index (χ0) is 14.4. The van der Waals surface area contributed by atoms with Crippen LogP contribution in [0.2, 0.25) is 0 Å². The highest BCUT2D eigenvalue weighted by atomic mass is 79.9. The van der Waals surface area contributed by atoms with Crippen molar-refractivity contribution in [2.75, 3.05) is 13.1 Å². The van der Waals surface area contributed by atoms with Crippen LogP contribution in [0.1, 0.15) is 57.1 Å². The lowest BCUT2D eigenvalue weighted by Crippen LogP contribution is -3.00. The van der Waals surface area contributed by atoms with E-state index < -0.39 is 0 Å². The van der Waals surface area contributed by atoms with Crippen LogP contribution in [0.3, 0.4) is 0 Å². The van der Waals surface area contributed by atoms with E-state index in [1.54, 1.807) is 0 Å². The molecular weight excluding hydrogens is 322 g/mol. The van der Waals surface area contributed by atoms with Gasteiger partial charge in [0.2, 0.25) is 0 Å². The molecule has 0 heterocycles. The summed E-state index contributed by atoms with van der Waals surface area (Å²) in [7, 11) is 0. The molecule has 1 aromatic carbocycles. The third kappa shape index (κ3) is 4.43. The second-order valence-electron chi connectivity index (χ2n) is 6.25. The Hall–Kier alpha value is -0.600. The molecule has 0 radical (unpaired) electrons. The summed E-state index contributed by atoms with van der Waals surface area (Å²) in [5.41, 5.74) is 2.70. The Balaban J connectivity index is 0.00000220. The molecule has 0 spiro atoms. The first-order valence-electron chi connectivity index (χ1n) is 8.31. The van der Waals surface area contributed by atoms with Crippen molar-refractivity contribution in [3.8, 4) is 0 Å². The number of quaternary nitrogens is 1. The monoisotopic (exact) mass is 351 g/mol. The summed E-state index contributed by atoms with van der Waals surface area (Å²) in [6, 6.07) is 9.85. The van der Waals surface area contributed by atoms with Gasteiger partial charge in [-0.3, -0.25) is 0 Å². The molecular formula is C19H30BrN. The molecule has 0 aliphatic heterocycles. The minimum Gasteiger partial charge on any atom is -1.00 e. The van der Waals surface area contributed by atoms with Crippen molar-refractivity contribution in [3.63, 3.8) is 0 Å². The molecule has 1 aliphatic rings. The molecule has 2 rings (SSSR count). The lowest BCUT2D eigenvalue weighted by atomic mass is 9.91. The Kier molecular flexibility index (Phi) is 7.69. The second-order valence-corrected chi connectivity index (χ2v) is 6.25. The molecule has 0 unspecified atom stereocenters. The molecule has 0 aromatic heterocycles. The molecule has 0 atom stereocenters. The van der Waals surface area contributed by atoms with Crippen molar-refractivity contribution in [2.45, 2.75) is 58.5 Å². The van der Waals surface area contributed by atoms with Gasteiger partial charge in [0.15, 0.2) is 0 Å². The van der Waals surface area contributed by atoms with Crippen molar-refractivity contribution >= 4 is 6.08 Å². The van der Waals surface area contributed by atoms with E-state index in [9.17, 15) is 0 Å². The first-order valence-corrected chi connectivity index (χ1v) is 8.31. The van der Waals surface area contributed by atoms with Gasteiger partial charge in [0.05, 0.1) is 19.1 Å². The van der Waals surface area contributed by atoms with Crippen LogP contribution in [0.25, 0.3) is 6.08 Å². The van der Waals surface area contributed by atoms with Gasteiger partial charge in [0, 0.05) is 5.56 Å². The van der Waals surface area contributed by atoms with Gasteiger partial charge >= 0.3 is 0 Å². The second kappa shape index (κ2) is 8.75. The van der Waals surface area contributed by atoms with Crippen molar-refractivity contribution < 1.29 is 21.5 Å². The van der Waals surface area contributed by atoms with Gasteiger partial charge in [-0.2, -0.15) is 0 Å². The molecule has 2 heteroatoms. The van der Waals surface area contributed by atoms with Gasteiger partial charge in [-0.15, -0.1) is 0 Å². The zero-order valence-corrected chi connectivity index (χ0v) is 15.2. The van der Waals surface area contributed by atoms with Crippen LogP contribution in [-0.4, -0.2) is 23.6 Å². The number of hydrogen-bond acceptors (Lipinski definition) is 0. The lowest BCUT2D eigenvalue weighted by Gasteiger charge is -2.45. The summed E-state index contributed by atoms with van der Waals surface area (Å²) in [6.45, 7) is 12.3. The molecule has 1 fully saturated rings. The van der Waals surface area contributed by atoms with Gasteiger partial charge in [0.1, 0.15) is 6.54 Å². The number of nitrogens with zero attached hydrogens (tertiary/aromatic N) is 1. The average molecular weight is 352 g/mol. The van der Waals surface area contributed by atoms with Crippen LogP contribution in [0.5, 0.6) is 0 Å². The minimum atomic E-state index is 0. The molecule has 1 saturated carbocycles. The molecule has 118 valence electrons. The molecule has 21 heavy (non-hydrogen) atoms. The normalized spacial score (nSPS) is 16.3. The highest BCUT2D eigenvalue weighted by Crippen LogP contribution is 2.30. The summed E-state index contributed by atoms with van der Waals surface area (Å²) >= 11 is 0. The first-order chi connectivity index (χ1) is 9.74. The first kappa shape index (κ1) is 18.4. The van der Waals surface area contributed by atoms with Crippen LogP contribution in [0, 0.1) is 0 Å².